The highest BCUT2D eigenvalue weighted by Gasteiger charge is 2.23. The molecule has 5 heteroatoms. The maximum absolute atomic E-state index is 5.24. The molecule has 5 nitrogen and oxygen atoms in total. The van der Waals surface area contributed by atoms with Crippen molar-refractivity contribution in [2.45, 2.75) is 6.17 Å². The van der Waals surface area contributed by atoms with Crippen LogP contribution in [0.15, 0.2) is 222 Å². The molecule has 2 heterocycles. The predicted molar refractivity (Wildman–Crippen MR) is 239 cm³/mol. The summed E-state index contributed by atoms with van der Waals surface area (Å²) in [5.41, 5.74) is 12.4. The average molecular weight is 744 g/mol. The van der Waals surface area contributed by atoms with Gasteiger partial charge in [-0.15, -0.1) is 0 Å². The molecule has 1 aliphatic rings. The number of amidine groups is 2. The lowest BCUT2D eigenvalue weighted by atomic mass is 9.91. The monoisotopic (exact) mass is 743 g/mol. The van der Waals surface area contributed by atoms with Crippen LogP contribution in [0.3, 0.4) is 0 Å². The molecule has 1 unspecified atom stereocenters. The summed E-state index contributed by atoms with van der Waals surface area (Å²) in [6.45, 7) is 0. The van der Waals surface area contributed by atoms with E-state index in [1.807, 2.05) is 60.7 Å². The van der Waals surface area contributed by atoms with Crippen LogP contribution in [-0.2, 0) is 0 Å². The van der Waals surface area contributed by atoms with Gasteiger partial charge in [-0.05, 0) is 45.2 Å². The molecular weight excluding hydrogens is 707 g/mol. The lowest BCUT2D eigenvalue weighted by molar-refractivity contribution is 0.674. The zero-order chi connectivity index (χ0) is 38.7. The molecule has 8 aromatic carbocycles. The van der Waals surface area contributed by atoms with Crippen LogP contribution in [0.2, 0.25) is 0 Å². The molecule has 0 bridgehead atoms. The Bertz CT molecular complexity index is 2870. The van der Waals surface area contributed by atoms with E-state index in [0.717, 1.165) is 83.6 Å². The molecule has 0 amide bonds. The summed E-state index contributed by atoms with van der Waals surface area (Å²) >= 11 is 0. The van der Waals surface area contributed by atoms with Gasteiger partial charge in [-0.25, -0.2) is 20.0 Å². The highest BCUT2D eigenvalue weighted by atomic mass is 15.2. The Hall–Kier alpha value is -7.76. The van der Waals surface area contributed by atoms with Gasteiger partial charge in [-0.2, -0.15) is 0 Å². The number of hydrogen-bond acceptors (Lipinski definition) is 5. The Kier molecular flexibility index (Phi) is 9.22. The van der Waals surface area contributed by atoms with E-state index >= 15 is 0 Å². The molecule has 0 fully saturated rings. The van der Waals surface area contributed by atoms with Crippen molar-refractivity contribution in [1.82, 2.24) is 15.3 Å². The second-order valence-corrected chi connectivity index (χ2v) is 14.3. The summed E-state index contributed by atoms with van der Waals surface area (Å²) in [6, 6.07) is 73.5. The molecule has 0 spiro atoms. The average Bonchev–Trinajstić information content (AvgIpc) is 3.32. The van der Waals surface area contributed by atoms with Crippen molar-refractivity contribution >= 4 is 22.4 Å². The number of nitrogens with zero attached hydrogens (tertiary/aromatic N) is 4. The molecule has 1 aliphatic heterocycles. The summed E-state index contributed by atoms with van der Waals surface area (Å²) in [4.78, 5) is 20.4. The molecular formula is C53H37N5. The molecule has 0 saturated heterocycles. The summed E-state index contributed by atoms with van der Waals surface area (Å²) in [5, 5.41) is 5.92. The van der Waals surface area contributed by atoms with E-state index in [0.29, 0.717) is 11.7 Å². The lowest BCUT2D eigenvalue weighted by Gasteiger charge is -2.25. The molecule has 0 aliphatic carbocycles. The van der Waals surface area contributed by atoms with Crippen molar-refractivity contribution in [2.24, 2.45) is 9.98 Å². The van der Waals surface area contributed by atoms with Gasteiger partial charge in [0, 0.05) is 33.4 Å². The van der Waals surface area contributed by atoms with Crippen LogP contribution in [-0.4, -0.2) is 21.6 Å². The van der Waals surface area contributed by atoms with Crippen LogP contribution in [0.25, 0.3) is 66.9 Å². The Balaban J connectivity index is 1.02. The second kappa shape index (κ2) is 15.4. The summed E-state index contributed by atoms with van der Waals surface area (Å²) in [5.74, 6) is 2.20. The fourth-order valence-corrected chi connectivity index (χ4v) is 7.62. The quantitative estimate of drug-likeness (QED) is 0.169. The van der Waals surface area contributed by atoms with Crippen molar-refractivity contribution in [3.8, 4) is 56.2 Å². The van der Waals surface area contributed by atoms with Gasteiger partial charge < -0.3 is 5.32 Å². The van der Waals surface area contributed by atoms with Crippen LogP contribution < -0.4 is 5.32 Å². The molecule has 58 heavy (non-hydrogen) atoms. The number of benzene rings is 8. The molecule has 0 radical (unpaired) electrons. The lowest BCUT2D eigenvalue weighted by Crippen LogP contribution is -2.33. The second-order valence-electron chi connectivity index (χ2n) is 14.3. The fourth-order valence-electron chi connectivity index (χ4n) is 7.62. The number of hydrogen-bond donors (Lipinski definition) is 1. The molecule has 274 valence electrons. The predicted octanol–water partition coefficient (Wildman–Crippen LogP) is 12.5. The van der Waals surface area contributed by atoms with Crippen molar-refractivity contribution in [3.63, 3.8) is 0 Å². The minimum atomic E-state index is -0.286. The SMILES string of the molecule is c1ccc(C2=NC(c3ccc4ccccc4c3-c3ccc(-c4ccc(-c5cc(-c6ccccc6)nc(-c6ccccc6)n5)cc4)cc3)=NC(c3ccccc3)N2)cc1. The summed E-state index contributed by atoms with van der Waals surface area (Å²) in [7, 11) is 0. The van der Waals surface area contributed by atoms with Gasteiger partial charge >= 0.3 is 0 Å². The van der Waals surface area contributed by atoms with Gasteiger partial charge in [0.05, 0.1) is 11.4 Å². The zero-order valence-electron chi connectivity index (χ0n) is 31.6. The summed E-state index contributed by atoms with van der Waals surface area (Å²) < 4.78 is 0. The molecule has 9 aromatic rings. The minimum Gasteiger partial charge on any atom is -0.344 e. The van der Waals surface area contributed by atoms with Crippen LogP contribution in [0.5, 0.6) is 0 Å². The van der Waals surface area contributed by atoms with Gasteiger partial charge in [0.2, 0.25) is 0 Å². The first kappa shape index (κ1) is 34.7. The molecule has 1 aromatic heterocycles. The number of rotatable bonds is 8. The Morgan fingerprint density at radius 1 is 0.397 bits per heavy atom. The van der Waals surface area contributed by atoms with Gasteiger partial charge in [0.1, 0.15) is 12.0 Å². The first-order valence-corrected chi connectivity index (χ1v) is 19.5. The largest absolute Gasteiger partial charge is 0.344 e. The van der Waals surface area contributed by atoms with Crippen LogP contribution in [0.4, 0.5) is 0 Å². The number of nitrogens with one attached hydrogen (secondary N) is 1. The van der Waals surface area contributed by atoms with Gasteiger partial charge in [0.25, 0.3) is 0 Å². The standard InChI is InChI=1S/C53H37N5/c1-5-16-39(17-6-1)47-35-48(55-50(54-47)42-18-7-2-8-19-42)40-29-25-36(26-30-40)37-27-31-41(32-28-37)49-45-24-14-13-15-38(45)33-34-46(49)53-57-51(43-20-9-3-10-21-43)56-52(58-53)44-22-11-4-12-23-44/h1-35,51H,(H,56,57,58). The third-order valence-electron chi connectivity index (χ3n) is 10.6. The van der Waals surface area contributed by atoms with Gasteiger partial charge in [-0.1, -0.05) is 200 Å². The van der Waals surface area contributed by atoms with E-state index < -0.39 is 0 Å². The van der Waals surface area contributed by atoms with Gasteiger partial charge in [-0.3, -0.25) is 0 Å². The third-order valence-corrected chi connectivity index (χ3v) is 10.6. The van der Waals surface area contributed by atoms with E-state index in [1.165, 1.54) is 0 Å². The van der Waals surface area contributed by atoms with E-state index in [4.69, 9.17) is 20.0 Å². The third kappa shape index (κ3) is 6.97. The van der Waals surface area contributed by atoms with Crippen molar-refractivity contribution in [1.29, 1.82) is 0 Å². The van der Waals surface area contributed by atoms with E-state index in [9.17, 15) is 0 Å². The topological polar surface area (TPSA) is 62.5 Å². The van der Waals surface area contributed by atoms with Crippen LogP contribution in [0.1, 0.15) is 22.9 Å². The number of aliphatic imine (C=N–C) groups is 2. The van der Waals surface area contributed by atoms with Crippen LogP contribution >= 0.6 is 0 Å². The van der Waals surface area contributed by atoms with E-state index in [-0.39, 0.29) is 6.17 Å². The molecule has 10 rings (SSSR count). The Labute approximate surface area is 337 Å². The maximum Gasteiger partial charge on any atom is 0.160 e. The number of fused-ring (bicyclic) bond motifs is 1. The normalized spacial score (nSPS) is 13.7. The highest BCUT2D eigenvalue weighted by molar-refractivity contribution is 6.18. The molecule has 0 saturated carbocycles. The molecule has 1 atom stereocenters. The maximum atomic E-state index is 5.24. The Morgan fingerprint density at radius 3 is 1.53 bits per heavy atom. The van der Waals surface area contributed by atoms with E-state index in [2.05, 4.69) is 157 Å². The van der Waals surface area contributed by atoms with Crippen LogP contribution in [0, 0.1) is 0 Å². The zero-order valence-corrected chi connectivity index (χ0v) is 31.6. The number of aromatic nitrogens is 2. The smallest absolute Gasteiger partial charge is 0.160 e. The Morgan fingerprint density at radius 2 is 0.897 bits per heavy atom. The molecule has 1 N–H and O–H groups in total. The van der Waals surface area contributed by atoms with E-state index in [1.54, 1.807) is 0 Å². The van der Waals surface area contributed by atoms with Gasteiger partial charge in [0.15, 0.2) is 11.7 Å². The first-order chi connectivity index (χ1) is 28.7. The van der Waals surface area contributed by atoms with Crippen molar-refractivity contribution < 1.29 is 0 Å². The summed E-state index contributed by atoms with van der Waals surface area (Å²) in [6.07, 6.45) is -0.286. The highest BCUT2D eigenvalue weighted by Crippen LogP contribution is 2.36. The van der Waals surface area contributed by atoms with Crippen molar-refractivity contribution in [3.05, 3.63) is 229 Å². The first-order valence-electron chi connectivity index (χ1n) is 19.5. The fraction of sp³-hybridized carbons (Fsp3) is 0.0189. The minimum absolute atomic E-state index is 0.286. The van der Waals surface area contributed by atoms with Crippen molar-refractivity contribution in [2.75, 3.05) is 0 Å².